The maximum atomic E-state index is 13.7. The van der Waals surface area contributed by atoms with Crippen molar-refractivity contribution in [3.63, 3.8) is 0 Å². The van der Waals surface area contributed by atoms with Crippen LogP contribution in [-0.4, -0.2) is 16.3 Å². The quantitative estimate of drug-likeness (QED) is 0.829. The van der Waals surface area contributed by atoms with Gasteiger partial charge in [-0.1, -0.05) is 17.4 Å². The third-order valence-electron chi connectivity index (χ3n) is 2.57. The number of nitrogens with zero attached hydrogens (tertiary/aromatic N) is 1. The molecule has 0 aliphatic carbocycles. The highest BCUT2D eigenvalue weighted by Crippen LogP contribution is 2.35. The number of benzene rings is 1. The highest BCUT2D eigenvalue weighted by atomic mass is 32.1. The molecule has 0 amide bonds. The average molecular weight is 262 g/mol. The molecule has 2 heterocycles. The summed E-state index contributed by atoms with van der Waals surface area (Å²) in [7, 11) is 0. The molecule has 0 saturated heterocycles. The molecule has 1 aliphatic rings. The Morgan fingerprint density at radius 3 is 3.00 bits per heavy atom. The Morgan fingerprint density at radius 2 is 2.28 bits per heavy atom. The maximum absolute atomic E-state index is 13.7. The van der Waals surface area contributed by atoms with Crippen LogP contribution in [0.4, 0.5) is 10.1 Å². The summed E-state index contributed by atoms with van der Waals surface area (Å²) in [6, 6.07) is 4.64. The van der Waals surface area contributed by atoms with Gasteiger partial charge in [-0.25, -0.2) is 4.39 Å². The zero-order chi connectivity index (χ0) is 12.7. The van der Waals surface area contributed by atoms with Crippen molar-refractivity contribution < 1.29 is 9.50 Å². The Hall–Kier alpha value is -2.21. The molecule has 4 nitrogen and oxygen atoms in total. The van der Waals surface area contributed by atoms with E-state index in [-0.39, 0.29) is 16.6 Å². The number of aromatic nitrogens is 1. The molecule has 2 N–H and O–H groups in total. The van der Waals surface area contributed by atoms with Gasteiger partial charge >= 0.3 is 4.87 Å². The third kappa shape index (κ3) is 1.67. The molecule has 0 spiro atoms. The summed E-state index contributed by atoms with van der Waals surface area (Å²) in [5, 5.41) is 9.48. The summed E-state index contributed by atoms with van der Waals surface area (Å²) < 4.78 is 13.7. The first-order chi connectivity index (χ1) is 8.65. The normalized spacial score (nSPS) is 15.3. The van der Waals surface area contributed by atoms with Crippen molar-refractivity contribution in [1.29, 1.82) is 0 Å². The number of hydrogen-bond acceptors (Lipinski definition) is 4. The van der Waals surface area contributed by atoms with Crippen LogP contribution in [0.3, 0.4) is 0 Å². The molecule has 0 saturated carbocycles. The van der Waals surface area contributed by atoms with E-state index in [4.69, 9.17) is 0 Å². The van der Waals surface area contributed by atoms with E-state index in [2.05, 4.69) is 9.98 Å². The molecule has 0 atom stereocenters. The molecular weight excluding hydrogens is 255 g/mol. The van der Waals surface area contributed by atoms with Crippen LogP contribution in [0.5, 0.6) is 5.88 Å². The van der Waals surface area contributed by atoms with Gasteiger partial charge in [-0.2, -0.15) is 0 Å². The fourth-order valence-electron chi connectivity index (χ4n) is 1.79. The number of allylic oxidation sites excluding steroid dienone is 1. The first kappa shape index (κ1) is 10.9. The van der Waals surface area contributed by atoms with Gasteiger partial charge in [0.05, 0.1) is 10.6 Å². The minimum absolute atomic E-state index is 0.212. The van der Waals surface area contributed by atoms with Gasteiger partial charge < -0.3 is 5.11 Å². The SMILES string of the molecule is O=c1[nH]c(O)c(C=C2C=Nc3cccc(F)c32)s1. The Kier molecular flexibility index (Phi) is 2.38. The molecule has 1 aromatic carbocycles. The number of aromatic amines is 1. The average Bonchev–Trinajstić information content (AvgIpc) is 2.85. The van der Waals surface area contributed by atoms with Gasteiger partial charge in [-0.05, 0) is 18.2 Å². The van der Waals surface area contributed by atoms with E-state index in [9.17, 15) is 14.3 Å². The van der Waals surface area contributed by atoms with Crippen molar-refractivity contribution in [1.82, 2.24) is 4.98 Å². The van der Waals surface area contributed by atoms with E-state index in [1.54, 1.807) is 12.1 Å². The number of rotatable bonds is 1. The number of aliphatic imine (C=N–C) groups is 1. The predicted molar refractivity (Wildman–Crippen MR) is 69.0 cm³/mol. The van der Waals surface area contributed by atoms with Gasteiger partial charge in [-0.3, -0.25) is 14.8 Å². The number of fused-ring (bicyclic) bond motifs is 1. The number of nitrogens with one attached hydrogen (secondary N) is 1. The van der Waals surface area contributed by atoms with Crippen molar-refractivity contribution in [2.24, 2.45) is 4.99 Å². The van der Waals surface area contributed by atoms with Crippen molar-refractivity contribution in [3.8, 4) is 5.88 Å². The van der Waals surface area contributed by atoms with Crippen LogP contribution in [0, 0.1) is 5.82 Å². The van der Waals surface area contributed by atoms with Gasteiger partial charge in [0.1, 0.15) is 5.82 Å². The van der Waals surface area contributed by atoms with Crippen LogP contribution in [0.15, 0.2) is 28.0 Å². The predicted octanol–water partition coefficient (Wildman–Crippen LogP) is 2.54. The third-order valence-corrected chi connectivity index (χ3v) is 3.38. The Balaban J connectivity index is 2.15. The van der Waals surface area contributed by atoms with E-state index in [1.165, 1.54) is 18.4 Å². The molecule has 0 bridgehead atoms. The molecule has 3 rings (SSSR count). The van der Waals surface area contributed by atoms with Crippen LogP contribution >= 0.6 is 11.3 Å². The molecule has 0 unspecified atom stereocenters. The lowest BCUT2D eigenvalue weighted by atomic mass is 10.1. The lowest BCUT2D eigenvalue weighted by molar-refractivity contribution is 0.455. The summed E-state index contributed by atoms with van der Waals surface area (Å²) in [4.78, 5) is 17.4. The first-order valence-electron chi connectivity index (χ1n) is 5.12. The molecule has 1 aromatic heterocycles. The van der Waals surface area contributed by atoms with Crippen molar-refractivity contribution in [2.45, 2.75) is 0 Å². The number of thiazole rings is 1. The Morgan fingerprint density at radius 1 is 1.44 bits per heavy atom. The maximum Gasteiger partial charge on any atom is 0.307 e. The van der Waals surface area contributed by atoms with Crippen molar-refractivity contribution in [2.75, 3.05) is 0 Å². The number of hydrogen-bond donors (Lipinski definition) is 2. The van der Waals surface area contributed by atoms with Crippen LogP contribution in [0.1, 0.15) is 10.4 Å². The zero-order valence-electron chi connectivity index (χ0n) is 8.98. The van der Waals surface area contributed by atoms with Crippen LogP contribution in [-0.2, 0) is 0 Å². The second-order valence-electron chi connectivity index (χ2n) is 3.72. The fraction of sp³-hybridized carbons (Fsp3) is 0. The standard InChI is InChI=1S/C12H7FN2O2S/c13-7-2-1-3-8-10(7)6(5-14-8)4-9-11(16)15-12(17)18-9/h1-5,16H,(H,15,17). The first-order valence-corrected chi connectivity index (χ1v) is 5.93. The highest BCUT2D eigenvalue weighted by Gasteiger charge is 2.17. The van der Waals surface area contributed by atoms with Crippen LogP contribution in [0.2, 0.25) is 0 Å². The molecule has 1 aliphatic heterocycles. The summed E-state index contributed by atoms with van der Waals surface area (Å²) in [5.41, 5.74) is 1.47. The van der Waals surface area contributed by atoms with E-state index < -0.39 is 0 Å². The van der Waals surface area contributed by atoms with Gasteiger partial charge in [0.2, 0.25) is 5.88 Å². The number of H-pyrrole nitrogens is 1. The molecular formula is C12H7FN2O2S. The zero-order valence-corrected chi connectivity index (χ0v) is 9.79. The molecule has 2 aromatic rings. The molecule has 18 heavy (non-hydrogen) atoms. The minimum atomic E-state index is -0.376. The second-order valence-corrected chi connectivity index (χ2v) is 4.73. The lowest BCUT2D eigenvalue weighted by Crippen LogP contribution is -1.89. The smallest absolute Gasteiger partial charge is 0.307 e. The number of aromatic hydroxyl groups is 1. The monoisotopic (exact) mass is 262 g/mol. The van der Waals surface area contributed by atoms with E-state index in [0.717, 1.165) is 11.3 Å². The van der Waals surface area contributed by atoms with E-state index in [0.29, 0.717) is 21.7 Å². The summed E-state index contributed by atoms with van der Waals surface area (Å²) in [6.45, 7) is 0. The Bertz CT molecular complexity index is 743. The molecule has 6 heteroatoms. The lowest BCUT2D eigenvalue weighted by Gasteiger charge is -2.00. The molecule has 90 valence electrons. The van der Waals surface area contributed by atoms with E-state index >= 15 is 0 Å². The van der Waals surface area contributed by atoms with Gasteiger partial charge in [-0.15, -0.1) is 0 Å². The fourth-order valence-corrected chi connectivity index (χ4v) is 2.47. The minimum Gasteiger partial charge on any atom is -0.493 e. The van der Waals surface area contributed by atoms with Gasteiger partial charge in [0, 0.05) is 17.4 Å². The van der Waals surface area contributed by atoms with Crippen LogP contribution in [0.25, 0.3) is 11.6 Å². The van der Waals surface area contributed by atoms with Crippen molar-refractivity contribution >= 4 is 34.9 Å². The summed E-state index contributed by atoms with van der Waals surface area (Å²) in [6.07, 6.45) is 3.05. The van der Waals surface area contributed by atoms with Crippen molar-refractivity contribution in [3.05, 3.63) is 44.1 Å². The van der Waals surface area contributed by atoms with E-state index in [1.807, 2.05) is 0 Å². The molecule has 0 fully saturated rings. The summed E-state index contributed by atoms with van der Waals surface area (Å²) >= 11 is 0.860. The topological polar surface area (TPSA) is 65.5 Å². The van der Waals surface area contributed by atoms with Crippen LogP contribution < -0.4 is 4.87 Å². The summed E-state index contributed by atoms with van der Waals surface area (Å²) in [5.74, 6) is -0.589. The van der Waals surface area contributed by atoms with Gasteiger partial charge in [0.25, 0.3) is 0 Å². The Labute approximate surface area is 105 Å². The molecule has 0 radical (unpaired) electrons. The second kappa shape index (κ2) is 3.92. The highest BCUT2D eigenvalue weighted by molar-refractivity contribution is 7.10. The largest absolute Gasteiger partial charge is 0.493 e. The number of halogens is 1. The van der Waals surface area contributed by atoms with Gasteiger partial charge in [0.15, 0.2) is 0 Å².